The number of fused-ring (bicyclic) bond motifs is 1. The van der Waals surface area contributed by atoms with Crippen molar-refractivity contribution in [1.82, 2.24) is 24.0 Å². The Balaban J connectivity index is 1.61. The van der Waals surface area contributed by atoms with Crippen LogP contribution in [-0.4, -0.2) is 59.0 Å². The molecule has 200 valence electrons. The molecule has 0 bridgehead atoms. The minimum Gasteiger partial charge on any atom is -0.496 e. The SMILES string of the molecule is CCS(=O)(=O)N1CCC(C(C)c2c(C)c(C(=O)NCc3c(OC)cc(C)[nH]c3=O)n3ccncc23)CC1. The van der Waals surface area contributed by atoms with Gasteiger partial charge < -0.3 is 19.4 Å². The fourth-order valence-electron chi connectivity index (χ4n) is 5.47. The number of sulfonamides is 1. The zero-order valence-electron chi connectivity index (χ0n) is 22.0. The van der Waals surface area contributed by atoms with E-state index >= 15 is 0 Å². The second kappa shape index (κ2) is 10.7. The molecule has 1 atom stereocenters. The molecule has 11 heteroatoms. The number of methoxy groups -OCH3 is 1. The molecule has 0 aliphatic carbocycles. The molecule has 3 aromatic heterocycles. The van der Waals surface area contributed by atoms with Crippen LogP contribution in [0.25, 0.3) is 5.52 Å². The van der Waals surface area contributed by atoms with Crippen molar-refractivity contribution in [2.45, 2.75) is 53.0 Å². The number of hydrogen-bond donors (Lipinski definition) is 2. The largest absolute Gasteiger partial charge is 0.496 e. The van der Waals surface area contributed by atoms with Crippen molar-refractivity contribution in [3.05, 3.63) is 63.1 Å². The van der Waals surface area contributed by atoms with Gasteiger partial charge in [0.2, 0.25) is 10.0 Å². The number of aryl methyl sites for hydroxylation is 1. The number of aromatic amines is 1. The van der Waals surface area contributed by atoms with Crippen LogP contribution in [0.15, 0.2) is 29.5 Å². The molecule has 0 saturated carbocycles. The number of carbonyl (C=O) groups excluding carboxylic acids is 1. The first kappa shape index (κ1) is 26.9. The quantitative estimate of drug-likeness (QED) is 0.462. The zero-order valence-corrected chi connectivity index (χ0v) is 22.8. The van der Waals surface area contributed by atoms with Crippen molar-refractivity contribution in [3.8, 4) is 5.75 Å². The van der Waals surface area contributed by atoms with E-state index in [2.05, 4.69) is 22.2 Å². The molecule has 37 heavy (non-hydrogen) atoms. The molecule has 3 aromatic rings. The van der Waals surface area contributed by atoms with Crippen LogP contribution in [0.3, 0.4) is 0 Å². The fourth-order valence-corrected chi connectivity index (χ4v) is 6.60. The predicted octanol–water partition coefficient (Wildman–Crippen LogP) is 2.74. The lowest BCUT2D eigenvalue weighted by atomic mass is 9.80. The van der Waals surface area contributed by atoms with Crippen molar-refractivity contribution in [2.24, 2.45) is 5.92 Å². The first-order chi connectivity index (χ1) is 17.6. The number of nitrogens with one attached hydrogen (secondary N) is 2. The summed E-state index contributed by atoms with van der Waals surface area (Å²) in [6, 6.07) is 1.73. The Bertz CT molecular complexity index is 1470. The highest BCUT2D eigenvalue weighted by molar-refractivity contribution is 7.89. The van der Waals surface area contributed by atoms with Gasteiger partial charge in [0.15, 0.2) is 0 Å². The molecule has 0 radical (unpaired) electrons. The maximum Gasteiger partial charge on any atom is 0.268 e. The van der Waals surface area contributed by atoms with E-state index < -0.39 is 10.0 Å². The molecule has 4 rings (SSSR count). The van der Waals surface area contributed by atoms with Crippen molar-refractivity contribution in [3.63, 3.8) is 0 Å². The maximum atomic E-state index is 13.5. The van der Waals surface area contributed by atoms with Crippen molar-refractivity contribution < 1.29 is 17.9 Å². The molecule has 1 aliphatic heterocycles. The standard InChI is InChI=1S/C26H35N5O5S/c1-6-37(34,35)30-10-7-19(8-11-30)17(3)23-18(4)24(31-12-9-27-15-21(23)31)26(33)28-14-20-22(36-5)13-16(2)29-25(20)32/h9,12-13,15,17,19H,6-8,10-11,14H2,1-5H3,(H,28,33)(H,29,32). The minimum absolute atomic E-state index is 0.0185. The van der Waals surface area contributed by atoms with Gasteiger partial charge in [0.05, 0.1) is 36.7 Å². The average Bonchev–Trinajstić information content (AvgIpc) is 3.18. The second-order valence-electron chi connectivity index (χ2n) is 9.66. The molecule has 0 aromatic carbocycles. The second-order valence-corrected chi connectivity index (χ2v) is 11.9. The highest BCUT2D eigenvalue weighted by atomic mass is 32.2. The Morgan fingerprint density at radius 1 is 1.30 bits per heavy atom. The van der Waals surface area contributed by atoms with Gasteiger partial charge in [-0.05, 0) is 62.6 Å². The normalized spacial score (nSPS) is 16.1. The first-order valence-corrected chi connectivity index (χ1v) is 14.2. The zero-order chi connectivity index (χ0) is 26.9. The summed E-state index contributed by atoms with van der Waals surface area (Å²) in [5.41, 5.74) is 3.97. The number of amides is 1. The van der Waals surface area contributed by atoms with E-state index in [1.54, 1.807) is 42.8 Å². The summed E-state index contributed by atoms with van der Waals surface area (Å²) in [6.45, 7) is 8.55. The van der Waals surface area contributed by atoms with Gasteiger partial charge >= 0.3 is 0 Å². The summed E-state index contributed by atoms with van der Waals surface area (Å²) < 4.78 is 33.4. The van der Waals surface area contributed by atoms with E-state index in [0.717, 1.165) is 29.5 Å². The Hall–Kier alpha value is -3.18. The van der Waals surface area contributed by atoms with Gasteiger partial charge in [0.1, 0.15) is 11.4 Å². The van der Waals surface area contributed by atoms with Crippen LogP contribution in [0.5, 0.6) is 5.75 Å². The Morgan fingerprint density at radius 3 is 2.65 bits per heavy atom. The van der Waals surface area contributed by atoms with Gasteiger partial charge in [-0.3, -0.25) is 14.6 Å². The smallest absolute Gasteiger partial charge is 0.268 e. The van der Waals surface area contributed by atoms with Crippen LogP contribution in [0.4, 0.5) is 0 Å². The fraction of sp³-hybridized carbons (Fsp3) is 0.500. The third-order valence-electron chi connectivity index (χ3n) is 7.54. The van der Waals surface area contributed by atoms with Crippen molar-refractivity contribution >= 4 is 21.4 Å². The predicted molar refractivity (Wildman–Crippen MR) is 142 cm³/mol. The van der Waals surface area contributed by atoms with Crippen LogP contribution >= 0.6 is 0 Å². The molecule has 4 heterocycles. The Kier molecular flexibility index (Phi) is 7.75. The molecule has 1 aliphatic rings. The van der Waals surface area contributed by atoms with E-state index in [0.29, 0.717) is 35.8 Å². The summed E-state index contributed by atoms with van der Waals surface area (Å²) in [5.74, 6) is 0.615. The lowest BCUT2D eigenvalue weighted by Crippen LogP contribution is -2.40. The summed E-state index contributed by atoms with van der Waals surface area (Å²) in [7, 11) is -1.70. The third-order valence-corrected chi connectivity index (χ3v) is 9.43. The minimum atomic E-state index is -3.19. The van der Waals surface area contributed by atoms with Crippen LogP contribution in [0.2, 0.25) is 0 Å². The lowest BCUT2D eigenvalue weighted by molar-refractivity contribution is 0.0944. The molecule has 1 fully saturated rings. The lowest BCUT2D eigenvalue weighted by Gasteiger charge is -2.34. The van der Waals surface area contributed by atoms with Gasteiger partial charge in [0, 0.05) is 31.2 Å². The topological polar surface area (TPSA) is 126 Å². The number of hydrogen-bond acceptors (Lipinski definition) is 6. The van der Waals surface area contributed by atoms with Gasteiger partial charge in [0.25, 0.3) is 11.5 Å². The summed E-state index contributed by atoms with van der Waals surface area (Å²) in [5, 5.41) is 2.89. The maximum absolute atomic E-state index is 13.5. The van der Waals surface area contributed by atoms with Gasteiger partial charge in [-0.1, -0.05) is 6.92 Å². The van der Waals surface area contributed by atoms with E-state index in [1.807, 2.05) is 11.3 Å². The summed E-state index contributed by atoms with van der Waals surface area (Å²) >= 11 is 0. The number of pyridine rings is 1. The van der Waals surface area contributed by atoms with Gasteiger partial charge in [-0.25, -0.2) is 12.7 Å². The van der Waals surface area contributed by atoms with E-state index in [4.69, 9.17) is 4.74 Å². The Labute approximate surface area is 217 Å². The molecule has 0 spiro atoms. The number of rotatable bonds is 8. The third kappa shape index (κ3) is 5.15. The number of aromatic nitrogens is 3. The summed E-state index contributed by atoms with van der Waals surface area (Å²) in [6.07, 6.45) is 6.69. The van der Waals surface area contributed by atoms with Gasteiger partial charge in [-0.2, -0.15) is 0 Å². The molecule has 2 N–H and O–H groups in total. The van der Waals surface area contributed by atoms with Crippen molar-refractivity contribution in [2.75, 3.05) is 26.0 Å². The average molecular weight is 530 g/mol. The van der Waals surface area contributed by atoms with E-state index in [1.165, 1.54) is 7.11 Å². The van der Waals surface area contributed by atoms with Crippen LogP contribution in [0, 0.1) is 19.8 Å². The van der Waals surface area contributed by atoms with E-state index in [-0.39, 0.29) is 35.6 Å². The highest BCUT2D eigenvalue weighted by Gasteiger charge is 2.33. The monoisotopic (exact) mass is 529 g/mol. The molecular formula is C26H35N5O5S. The molecule has 1 saturated heterocycles. The number of ether oxygens (including phenoxy) is 1. The summed E-state index contributed by atoms with van der Waals surface area (Å²) in [4.78, 5) is 33.0. The van der Waals surface area contributed by atoms with Crippen LogP contribution in [0.1, 0.15) is 65.5 Å². The number of H-pyrrole nitrogens is 1. The Morgan fingerprint density at radius 2 is 2.00 bits per heavy atom. The first-order valence-electron chi connectivity index (χ1n) is 12.6. The van der Waals surface area contributed by atoms with Crippen LogP contribution < -0.4 is 15.6 Å². The molecule has 1 unspecified atom stereocenters. The number of nitrogens with zero attached hydrogens (tertiary/aromatic N) is 3. The van der Waals surface area contributed by atoms with Crippen molar-refractivity contribution in [1.29, 1.82) is 0 Å². The van der Waals surface area contributed by atoms with Crippen LogP contribution in [-0.2, 0) is 16.6 Å². The molecule has 1 amide bonds. The van der Waals surface area contributed by atoms with E-state index in [9.17, 15) is 18.0 Å². The molecular weight excluding hydrogens is 494 g/mol. The highest BCUT2D eigenvalue weighted by Crippen LogP contribution is 2.38. The number of carbonyl (C=O) groups is 1. The molecule has 10 nitrogen and oxygen atoms in total. The number of piperidine rings is 1. The van der Waals surface area contributed by atoms with Gasteiger partial charge in [-0.15, -0.1) is 0 Å².